The van der Waals surface area contributed by atoms with E-state index >= 15 is 0 Å². The molecule has 0 fully saturated rings. The van der Waals surface area contributed by atoms with Crippen molar-refractivity contribution in [1.29, 1.82) is 0 Å². The lowest BCUT2D eigenvalue weighted by Crippen LogP contribution is -2.36. The fraction of sp³-hybridized carbons (Fsp3) is 0.846. The smallest absolute Gasteiger partial charge is 0.116 e. The van der Waals surface area contributed by atoms with Crippen molar-refractivity contribution >= 4 is 37.7 Å². The molecule has 0 bridgehead atoms. The number of aliphatic imine (C=N–C) groups is 2. The first-order chi connectivity index (χ1) is 9.69. The molecule has 1 N–H and O–H groups in total. The Balaban J connectivity index is 4.45. The molecule has 0 aromatic carbocycles. The highest BCUT2D eigenvalue weighted by atomic mass is 32.1. The second kappa shape index (κ2) is 13.9. The monoisotopic (exact) mass is 322 g/mol. The third kappa shape index (κ3) is 9.77. The van der Waals surface area contributed by atoms with E-state index in [1.54, 1.807) is 13.3 Å². The SMILES string of the molecule is CCC(OC(/C=N\CCS)COC)C(O)/C=N\CCS. The standard InChI is InChI=1S/C13H26N2O3S2/c1-3-13(12(16)9-15-5-7-20)18-11(10-17-2)8-14-4-6-19/h8-9,11-13,16,19-20H,3-7,10H2,1-2H3/b14-8-,15-9-. The molecule has 7 heteroatoms. The van der Waals surface area contributed by atoms with E-state index in [1.807, 2.05) is 6.92 Å². The van der Waals surface area contributed by atoms with Gasteiger partial charge in [-0.3, -0.25) is 9.98 Å². The van der Waals surface area contributed by atoms with Gasteiger partial charge in [-0.1, -0.05) is 6.92 Å². The van der Waals surface area contributed by atoms with Gasteiger partial charge < -0.3 is 14.6 Å². The number of nitrogens with zero attached hydrogens (tertiary/aromatic N) is 2. The molecule has 5 nitrogen and oxygen atoms in total. The molecule has 0 aliphatic heterocycles. The molecule has 0 saturated heterocycles. The fourth-order valence-corrected chi connectivity index (χ4v) is 1.74. The Morgan fingerprint density at radius 3 is 2.25 bits per heavy atom. The van der Waals surface area contributed by atoms with Crippen LogP contribution in [0, 0.1) is 0 Å². The second-order valence-electron chi connectivity index (χ2n) is 4.12. The molecule has 0 rings (SSSR count). The van der Waals surface area contributed by atoms with Gasteiger partial charge in [-0.2, -0.15) is 25.3 Å². The number of methoxy groups -OCH3 is 1. The lowest BCUT2D eigenvalue weighted by Gasteiger charge is -2.23. The van der Waals surface area contributed by atoms with E-state index in [0.717, 1.165) is 0 Å². The quantitative estimate of drug-likeness (QED) is 0.373. The van der Waals surface area contributed by atoms with Crippen LogP contribution in [0.15, 0.2) is 9.98 Å². The van der Waals surface area contributed by atoms with E-state index in [9.17, 15) is 5.11 Å². The van der Waals surface area contributed by atoms with Crippen LogP contribution in [-0.2, 0) is 9.47 Å². The molecule has 0 radical (unpaired) electrons. The van der Waals surface area contributed by atoms with E-state index < -0.39 is 6.10 Å². The lowest BCUT2D eigenvalue weighted by atomic mass is 10.1. The predicted molar refractivity (Wildman–Crippen MR) is 91.3 cm³/mol. The summed E-state index contributed by atoms with van der Waals surface area (Å²) in [4.78, 5) is 8.28. The lowest BCUT2D eigenvalue weighted by molar-refractivity contribution is -0.0512. The van der Waals surface area contributed by atoms with Gasteiger partial charge in [-0.05, 0) is 6.42 Å². The minimum atomic E-state index is -0.738. The van der Waals surface area contributed by atoms with Gasteiger partial charge in [0.25, 0.3) is 0 Å². The van der Waals surface area contributed by atoms with E-state index in [0.29, 0.717) is 37.6 Å². The Kier molecular flexibility index (Phi) is 13.8. The topological polar surface area (TPSA) is 63.4 Å². The first-order valence-corrected chi connectivity index (χ1v) is 8.00. The summed E-state index contributed by atoms with van der Waals surface area (Å²) in [5, 5.41) is 10.0. The summed E-state index contributed by atoms with van der Waals surface area (Å²) in [6.45, 7) is 3.57. The molecule has 0 spiro atoms. The van der Waals surface area contributed by atoms with Crippen molar-refractivity contribution < 1.29 is 14.6 Å². The van der Waals surface area contributed by atoms with Crippen LogP contribution in [0.4, 0.5) is 0 Å². The Bertz CT molecular complexity index is 278. The third-order valence-electron chi connectivity index (χ3n) is 2.45. The van der Waals surface area contributed by atoms with Gasteiger partial charge in [0.1, 0.15) is 12.2 Å². The van der Waals surface area contributed by atoms with Gasteiger partial charge >= 0.3 is 0 Å². The van der Waals surface area contributed by atoms with Gasteiger partial charge in [-0.15, -0.1) is 0 Å². The zero-order valence-electron chi connectivity index (χ0n) is 12.2. The molecule has 3 unspecified atom stereocenters. The van der Waals surface area contributed by atoms with Crippen LogP contribution in [0.25, 0.3) is 0 Å². The average molecular weight is 322 g/mol. The molecule has 0 heterocycles. The zero-order chi connectivity index (χ0) is 15.2. The molecule has 0 aliphatic carbocycles. The molecule has 0 aromatic heterocycles. The van der Waals surface area contributed by atoms with Crippen molar-refractivity contribution in [2.45, 2.75) is 31.7 Å². The Hall–Kier alpha value is -0.0800. The van der Waals surface area contributed by atoms with Crippen LogP contribution >= 0.6 is 25.3 Å². The van der Waals surface area contributed by atoms with E-state index in [-0.39, 0.29) is 12.2 Å². The molecule has 0 aliphatic rings. The van der Waals surface area contributed by atoms with Crippen molar-refractivity contribution in [3.63, 3.8) is 0 Å². The summed E-state index contributed by atoms with van der Waals surface area (Å²) < 4.78 is 10.9. The van der Waals surface area contributed by atoms with Crippen LogP contribution in [0.3, 0.4) is 0 Å². The van der Waals surface area contributed by atoms with E-state index in [1.165, 1.54) is 6.21 Å². The first-order valence-electron chi connectivity index (χ1n) is 6.73. The molecular weight excluding hydrogens is 296 g/mol. The van der Waals surface area contributed by atoms with Gasteiger partial charge in [0.2, 0.25) is 0 Å². The normalized spacial score (nSPS) is 16.9. The maximum atomic E-state index is 10.0. The highest BCUT2D eigenvalue weighted by Gasteiger charge is 2.20. The van der Waals surface area contributed by atoms with Gasteiger partial charge in [0.15, 0.2) is 0 Å². The van der Waals surface area contributed by atoms with Gasteiger partial charge in [-0.25, -0.2) is 0 Å². The Morgan fingerprint density at radius 1 is 1.15 bits per heavy atom. The minimum Gasteiger partial charge on any atom is -0.385 e. The highest BCUT2D eigenvalue weighted by molar-refractivity contribution is 7.80. The molecule has 20 heavy (non-hydrogen) atoms. The van der Waals surface area contributed by atoms with E-state index in [4.69, 9.17) is 9.47 Å². The number of hydrogen-bond donors (Lipinski definition) is 3. The number of hydrogen-bond acceptors (Lipinski definition) is 7. The van der Waals surface area contributed by atoms with Crippen LogP contribution < -0.4 is 0 Å². The maximum Gasteiger partial charge on any atom is 0.116 e. The molecular formula is C13H26N2O3S2. The number of aliphatic hydroxyl groups excluding tert-OH is 1. The maximum absolute atomic E-state index is 10.0. The third-order valence-corrected chi connectivity index (χ3v) is 2.85. The van der Waals surface area contributed by atoms with Crippen molar-refractivity contribution in [1.82, 2.24) is 0 Å². The summed E-state index contributed by atoms with van der Waals surface area (Å²) in [5.41, 5.74) is 0. The van der Waals surface area contributed by atoms with Crippen molar-refractivity contribution in [3.05, 3.63) is 0 Å². The Morgan fingerprint density at radius 2 is 1.75 bits per heavy atom. The molecule has 118 valence electrons. The summed E-state index contributed by atoms with van der Waals surface area (Å²) >= 11 is 8.16. The summed E-state index contributed by atoms with van der Waals surface area (Å²) in [7, 11) is 1.61. The summed E-state index contributed by atoms with van der Waals surface area (Å²) in [6.07, 6.45) is 2.55. The molecule has 0 amide bonds. The van der Waals surface area contributed by atoms with Crippen LogP contribution in [0.1, 0.15) is 13.3 Å². The number of ether oxygens (including phenoxy) is 2. The zero-order valence-corrected chi connectivity index (χ0v) is 14.0. The molecule has 3 atom stereocenters. The fourth-order valence-electron chi connectivity index (χ4n) is 1.51. The number of aliphatic hydroxyl groups is 1. The van der Waals surface area contributed by atoms with Crippen molar-refractivity contribution in [2.75, 3.05) is 38.3 Å². The number of thiol groups is 2. The highest BCUT2D eigenvalue weighted by Crippen LogP contribution is 2.07. The van der Waals surface area contributed by atoms with E-state index in [2.05, 4.69) is 35.2 Å². The van der Waals surface area contributed by atoms with Gasteiger partial charge in [0.05, 0.1) is 12.7 Å². The van der Waals surface area contributed by atoms with Crippen molar-refractivity contribution in [3.8, 4) is 0 Å². The summed E-state index contributed by atoms with van der Waals surface area (Å²) in [5.74, 6) is 1.34. The predicted octanol–water partition coefficient (Wildman–Crippen LogP) is 1.16. The van der Waals surface area contributed by atoms with Crippen LogP contribution in [-0.4, -0.2) is 74.2 Å². The summed E-state index contributed by atoms with van der Waals surface area (Å²) in [6, 6.07) is 0. The largest absolute Gasteiger partial charge is 0.385 e. The first kappa shape index (κ1) is 19.9. The Labute approximate surface area is 132 Å². The minimum absolute atomic E-state index is 0.280. The molecule has 0 aromatic rings. The number of rotatable bonds is 12. The molecule has 0 saturated carbocycles. The van der Waals surface area contributed by atoms with Crippen LogP contribution in [0.5, 0.6) is 0 Å². The van der Waals surface area contributed by atoms with Crippen molar-refractivity contribution in [2.24, 2.45) is 9.98 Å². The van der Waals surface area contributed by atoms with Crippen LogP contribution in [0.2, 0.25) is 0 Å². The van der Waals surface area contributed by atoms with Gasteiger partial charge in [0, 0.05) is 44.1 Å². The second-order valence-corrected chi connectivity index (χ2v) is 5.02. The average Bonchev–Trinajstić information content (AvgIpc) is 2.45.